The highest BCUT2D eigenvalue weighted by Crippen LogP contribution is 2.20. The van der Waals surface area contributed by atoms with Gasteiger partial charge in [-0.3, -0.25) is 0 Å². The molecule has 0 fully saturated rings. The Kier molecular flexibility index (Phi) is 6.11. The van der Waals surface area contributed by atoms with E-state index >= 15 is 0 Å². The first-order valence-electron chi connectivity index (χ1n) is 5.30. The zero-order valence-corrected chi connectivity index (χ0v) is 11.1. The van der Waals surface area contributed by atoms with Crippen LogP contribution in [0.5, 0.6) is 5.88 Å². The molecule has 0 aliphatic carbocycles. The van der Waals surface area contributed by atoms with E-state index in [1.807, 2.05) is 19.2 Å². The Bertz CT molecular complexity index is 342. The van der Waals surface area contributed by atoms with Crippen molar-refractivity contribution >= 4 is 15.9 Å². The second kappa shape index (κ2) is 7.41. The molecule has 0 aliphatic heterocycles. The predicted molar refractivity (Wildman–Crippen MR) is 69.6 cm³/mol. The first-order valence-corrected chi connectivity index (χ1v) is 6.10. The van der Waals surface area contributed by atoms with Crippen molar-refractivity contribution in [3.63, 3.8) is 0 Å². The van der Waals surface area contributed by atoms with Crippen LogP contribution in [0.15, 0.2) is 29.4 Å². The number of hydrogen-bond donors (Lipinski definition) is 1. The number of pyridine rings is 1. The fourth-order valence-corrected chi connectivity index (χ4v) is 1.69. The van der Waals surface area contributed by atoms with Crippen LogP contribution < -0.4 is 10.1 Å². The van der Waals surface area contributed by atoms with E-state index in [1.165, 1.54) is 0 Å². The summed E-state index contributed by atoms with van der Waals surface area (Å²) in [5, 5.41) is 3.10. The number of hydrogen-bond acceptors (Lipinski definition) is 3. The number of halogens is 1. The average Bonchev–Trinajstić information content (AvgIpc) is 2.27. The van der Waals surface area contributed by atoms with Gasteiger partial charge in [-0.05, 0) is 41.9 Å². The number of unbranched alkanes of at least 4 members (excludes halogenated alkanes) is 1. The normalized spacial score (nSPS) is 10.1. The molecule has 3 nitrogen and oxygen atoms in total. The Labute approximate surface area is 105 Å². The van der Waals surface area contributed by atoms with Crippen molar-refractivity contribution in [1.82, 2.24) is 10.3 Å². The van der Waals surface area contributed by atoms with E-state index in [1.54, 1.807) is 6.20 Å². The van der Waals surface area contributed by atoms with Crippen LogP contribution in [0.2, 0.25) is 0 Å². The van der Waals surface area contributed by atoms with Gasteiger partial charge in [0, 0.05) is 22.8 Å². The lowest BCUT2D eigenvalue weighted by molar-refractivity contribution is 0.296. The maximum atomic E-state index is 5.63. The number of nitrogens with zero attached hydrogens (tertiary/aromatic N) is 1. The lowest BCUT2D eigenvalue weighted by Crippen LogP contribution is -2.09. The summed E-state index contributed by atoms with van der Waals surface area (Å²) in [5.74, 6) is 0.710. The van der Waals surface area contributed by atoms with Crippen LogP contribution in [0.1, 0.15) is 18.4 Å². The molecule has 0 atom stereocenters. The zero-order valence-electron chi connectivity index (χ0n) is 9.50. The molecule has 0 unspecified atom stereocenters. The van der Waals surface area contributed by atoms with Crippen molar-refractivity contribution in [3.05, 3.63) is 35.0 Å². The van der Waals surface area contributed by atoms with Crippen LogP contribution in [0.3, 0.4) is 0 Å². The van der Waals surface area contributed by atoms with Crippen molar-refractivity contribution in [2.75, 3.05) is 13.7 Å². The van der Waals surface area contributed by atoms with Crippen molar-refractivity contribution in [3.8, 4) is 5.88 Å². The average molecular weight is 285 g/mol. The van der Waals surface area contributed by atoms with Gasteiger partial charge in [0.25, 0.3) is 0 Å². The molecule has 0 aromatic carbocycles. The van der Waals surface area contributed by atoms with E-state index in [4.69, 9.17) is 4.74 Å². The summed E-state index contributed by atoms with van der Waals surface area (Å²) in [6.45, 7) is 5.11. The first-order chi connectivity index (χ1) is 7.77. The highest BCUT2D eigenvalue weighted by molar-refractivity contribution is 9.10. The number of nitrogens with one attached hydrogen (secondary N) is 1. The second-order valence-corrected chi connectivity index (χ2v) is 4.34. The zero-order chi connectivity index (χ0) is 11.8. The molecule has 0 amide bonds. The van der Waals surface area contributed by atoms with Crippen molar-refractivity contribution in [2.45, 2.75) is 19.4 Å². The molecule has 0 saturated heterocycles. The lowest BCUT2D eigenvalue weighted by Gasteiger charge is -2.10. The van der Waals surface area contributed by atoms with Gasteiger partial charge < -0.3 is 10.1 Å². The Morgan fingerprint density at radius 1 is 1.62 bits per heavy atom. The predicted octanol–water partition coefficient (Wildman–Crippen LogP) is 2.91. The summed E-state index contributed by atoms with van der Waals surface area (Å²) in [6.07, 6.45) is 5.59. The molecular formula is C12H17BrN2O. The Morgan fingerprint density at radius 3 is 3.12 bits per heavy atom. The summed E-state index contributed by atoms with van der Waals surface area (Å²) in [6, 6.07) is 2.02. The van der Waals surface area contributed by atoms with Gasteiger partial charge in [0.2, 0.25) is 5.88 Å². The maximum absolute atomic E-state index is 5.63. The van der Waals surface area contributed by atoms with Crippen LogP contribution >= 0.6 is 15.9 Å². The van der Waals surface area contributed by atoms with E-state index in [-0.39, 0.29) is 0 Å². The molecule has 16 heavy (non-hydrogen) atoms. The van der Waals surface area contributed by atoms with Gasteiger partial charge in [0.05, 0.1) is 6.61 Å². The molecule has 0 aliphatic rings. The van der Waals surface area contributed by atoms with E-state index in [0.717, 1.165) is 29.4 Å². The SMILES string of the molecule is C=CCCCOc1ncc(Br)cc1CNC. The fraction of sp³-hybridized carbons (Fsp3) is 0.417. The third-order valence-corrected chi connectivity index (χ3v) is 2.48. The minimum Gasteiger partial charge on any atom is -0.477 e. The topological polar surface area (TPSA) is 34.1 Å². The quantitative estimate of drug-likeness (QED) is 0.618. The molecule has 88 valence electrons. The molecule has 1 aromatic heterocycles. The molecular weight excluding hydrogens is 268 g/mol. The Morgan fingerprint density at radius 2 is 2.44 bits per heavy atom. The van der Waals surface area contributed by atoms with Crippen LogP contribution in [0.4, 0.5) is 0 Å². The van der Waals surface area contributed by atoms with Gasteiger partial charge >= 0.3 is 0 Å². The highest BCUT2D eigenvalue weighted by atomic mass is 79.9. The molecule has 1 rings (SSSR count). The first kappa shape index (κ1) is 13.2. The van der Waals surface area contributed by atoms with Gasteiger partial charge in [-0.15, -0.1) is 6.58 Å². The molecule has 1 N–H and O–H groups in total. The summed E-state index contributed by atoms with van der Waals surface area (Å²) in [7, 11) is 1.91. The number of allylic oxidation sites excluding steroid dienone is 1. The number of aromatic nitrogens is 1. The molecule has 1 heterocycles. The molecule has 1 aromatic rings. The summed E-state index contributed by atoms with van der Waals surface area (Å²) < 4.78 is 6.60. The van der Waals surface area contributed by atoms with Crippen LogP contribution in [-0.4, -0.2) is 18.6 Å². The number of rotatable bonds is 7. The van der Waals surface area contributed by atoms with Gasteiger partial charge in [-0.25, -0.2) is 4.98 Å². The molecule has 4 heteroatoms. The minimum atomic E-state index is 0.678. The molecule has 0 spiro atoms. The largest absolute Gasteiger partial charge is 0.477 e. The van der Waals surface area contributed by atoms with E-state index in [9.17, 15) is 0 Å². The molecule has 0 saturated carbocycles. The van der Waals surface area contributed by atoms with Gasteiger partial charge in [0.15, 0.2) is 0 Å². The third kappa shape index (κ3) is 4.33. The van der Waals surface area contributed by atoms with Crippen molar-refractivity contribution in [2.24, 2.45) is 0 Å². The summed E-state index contributed by atoms with van der Waals surface area (Å²) >= 11 is 3.40. The smallest absolute Gasteiger partial charge is 0.217 e. The van der Waals surface area contributed by atoms with Gasteiger partial charge in [0.1, 0.15) is 0 Å². The third-order valence-electron chi connectivity index (χ3n) is 2.05. The standard InChI is InChI=1S/C12H17BrN2O/c1-3-4-5-6-16-12-10(8-14-2)7-11(13)9-15-12/h3,7,9,14H,1,4-6,8H2,2H3. The van der Waals surface area contributed by atoms with Crippen molar-refractivity contribution in [1.29, 1.82) is 0 Å². The van der Waals surface area contributed by atoms with Crippen LogP contribution in [-0.2, 0) is 6.54 Å². The Hall–Kier alpha value is -0.870. The summed E-state index contributed by atoms with van der Waals surface area (Å²) in [4.78, 5) is 4.26. The maximum Gasteiger partial charge on any atom is 0.217 e. The number of ether oxygens (including phenoxy) is 1. The van der Waals surface area contributed by atoms with E-state index in [2.05, 4.69) is 32.8 Å². The second-order valence-electron chi connectivity index (χ2n) is 3.43. The van der Waals surface area contributed by atoms with Crippen LogP contribution in [0.25, 0.3) is 0 Å². The van der Waals surface area contributed by atoms with Crippen molar-refractivity contribution < 1.29 is 4.74 Å². The Balaban J connectivity index is 2.59. The van der Waals surface area contributed by atoms with E-state index in [0.29, 0.717) is 12.5 Å². The minimum absolute atomic E-state index is 0.678. The molecule has 0 bridgehead atoms. The summed E-state index contributed by atoms with van der Waals surface area (Å²) in [5.41, 5.74) is 1.07. The fourth-order valence-electron chi connectivity index (χ4n) is 1.31. The van der Waals surface area contributed by atoms with Crippen LogP contribution in [0, 0.1) is 0 Å². The van der Waals surface area contributed by atoms with Gasteiger partial charge in [-0.1, -0.05) is 6.08 Å². The van der Waals surface area contributed by atoms with Gasteiger partial charge in [-0.2, -0.15) is 0 Å². The van der Waals surface area contributed by atoms with E-state index < -0.39 is 0 Å². The highest BCUT2D eigenvalue weighted by Gasteiger charge is 2.05. The lowest BCUT2D eigenvalue weighted by atomic mass is 10.2. The molecule has 0 radical (unpaired) electrons. The monoisotopic (exact) mass is 284 g/mol.